The molecule has 0 aliphatic heterocycles. The lowest BCUT2D eigenvalue weighted by Crippen LogP contribution is -2.06. The van der Waals surface area contributed by atoms with Crippen molar-refractivity contribution in [2.75, 3.05) is 25.6 Å². The summed E-state index contributed by atoms with van der Waals surface area (Å²) in [5.74, 6) is 0.539. The summed E-state index contributed by atoms with van der Waals surface area (Å²) in [5.41, 5.74) is 3.89. The van der Waals surface area contributed by atoms with Gasteiger partial charge in [-0.25, -0.2) is 9.37 Å². The summed E-state index contributed by atoms with van der Waals surface area (Å²) in [5, 5.41) is 13.6. The highest BCUT2D eigenvalue weighted by Gasteiger charge is 2.11. The van der Waals surface area contributed by atoms with Gasteiger partial charge in [0.25, 0.3) is 0 Å². The number of halogens is 1. The van der Waals surface area contributed by atoms with E-state index in [0.29, 0.717) is 30.2 Å². The van der Waals surface area contributed by atoms with Crippen molar-refractivity contribution in [1.29, 1.82) is 0 Å². The fourth-order valence-electron chi connectivity index (χ4n) is 2.88. The predicted molar refractivity (Wildman–Crippen MR) is 106 cm³/mol. The number of hydrogen-bond acceptors (Lipinski definition) is 4. The molecule has 0 atom stereocenters. The Balaban J connectivity index is 2.03. The Bertz CT molecular complexity index is 928. The van der Waals surface area contributed by atoms with Gasteiger partial charge in [0, 0.05) is 25.8 Å². The van der Waals surface area contributed by atoms with E-state index in [4.69, 9.17) is 4.74 Å². The average molecular weight is 366 g/mol. The molecule has 0 amide bonds. The maximum atomic E-state index is 13.7. The lowest BCUT2D eigenvalue weighted by molar-refractivity contribution is 0.198. The van der Waals surface area contributed by atoms with Crippen LogP contribution in [0.3, 0.4) is 0 Å². The Morgan fingerprint density at radius 3 is 2.70 bits per heavy atom. The number of hydrogen-bond donors (Lipinski definition) is 2. The van der Waals surface area contributed by atoms with Crippen molar-refractivity contribution in [1.82, 2.24) is 4.98 Å². The number of anilines is 1. The van der Waals surface area contributed by atoms with Crippen LogP contribution in [-0.2, 0) is 4.74 Å². The second kappa shape index (κ2) is 8.64. The van der Waals surface area contributed by atoms with E-state index in [9.17, 15) is 9.50 Å². The van der Waals surface area contributed by atoms with Gasteiger partial charge in [-0.1, -0.05) is 23.8 Å². The van der Waals surface area contributed by atoms with Gasteiger partial charge in [-0.15, -0.1) is 0 Å². The van der Waals surface area contributed by atoms with Crippen LogP contribution in [0.1, 0.15) is 12.0 Å². The Kier molecular flexibility index (Phi) is 6.04. The number of aromatic hydroxyl groups is 1. The number of benzene rings is 2. The van der Waals surface area contributed by atoms with Crippen molar-refractivity contribution in [3.8, 4) is 28.1 Å². The fourth-order valence-corrected chi connectivity index (χ4v) is 2.88. The topological polar surface area (TPSA) is 54.4 Å². The number of aromatic nitrogens is 1. The Labute approximate surface area is 158 Å². The van der Waals surface area contributed by atoms with Crippen molar-refractivity contribution in [3.63, 3.8) is 0 Å². The number of ether oxygens (including phenoxy) is 1. The summed E-state index contributed by atoms with van der Waals surface area (Å²) in [4.78, 5) is 4.65. The van der Waals surface area contributed by atoms with Gasteiger partial charge in [0.05, 0.1) is 5.69 Å². The Morgan fingerprint density at radius 2 is 1.93 bits per heavy atom. The smallest absolute Gasteiger partial charge is 0.127 e. The molecule has 1 heterocycles. The second-order valence-electron chi connectivity index (χ2n) is 6.43. The molecule has 0 radical (unpaired) electrons. The van der Waals surface area contributed by atoms with E-state index in [0.717, 1.165) is 23.1 Å². The van der Waals surface area contributed by atoms with Crippen LogP contribution in [0.15, 0.2) is 54.6 Å². The minimum absolute atomic E-state index is 0.162. The number of nitrogens with one attached hydrogen (secondary N) is 1. The summed E-state index contributed by atoms with van der Waals surface area (Å²) in [7, 11) is 1.67. The number of phenolic OH excluding ortho intramolecular Hbond substituents is 1. The van der Waals surface area contributed by atoms with E-state index in [-0.39, 0.29) is 11.6 Å². The first-order chi connectivity index (χ1) is 13.1. The first-order valence-electron chi connectivity index (χ1n) is 8.87. The summed E-state index contributed by atoms with van der Waals surface area (Å²) in [6.07, 6.45) is 0.841. The van der Waals surface area contributed by atoms with Crippen LogP contribution in [0.4, 0.5) is 10.2 Å². The van der Waals surface area contributed by atoms with Gasteiger partial charge < -0.3 is 15.2 Å². The van der Waals surface area contributed by atoms with Crippen LogP contribution in [0.5, 0.6) is 5.75 Å². The van der Waals surface area contributed by atoms with E-state index < -0.39 is 0 Å². The van der Waals surface area contributed by atoms with Gasteiger partial charge in [-0.05, 0) is 60.9 Å². The first-order valence-corrected chi connectivity index (χ1v) is 8.87. The first kappa shape index (κ1) is 18.9. The van der Waals surface area contributed by atoms with Crippen molar-refractivity contribution in [2.45, 2.75) is 13.3 Å². The Hall–Kier alpha value is -2.92. The predicted octanol–water partition coefficient (Wildman–Crippen LogP) is 5.02. The summed E-state index contributed by atoms with van der Waals surface area (Å²) in [6, 6.07) is 15.6. The van der Waals surface area contributed by atoms with Crippen molar-refractivity contribution in [2.24, 2.45) is 0 Å². The zero-order valence-electron chi connectivity index (χ0n) is 15.5. The largest absolute Gasteiger partial charge is 0.507 e. The van der Waals surface area contributed by atoms with Crippen LogP contribution in [-0.4, -0.2) is 30.4 Å². The monoisotopic (exact) mass is 366 g/mol. The molecule has 0 bridgehead atoms. The molecule has 3 rings (SSSR count). The van der Waals surface area contributed by atoms with E-state index in [1.165, 1.54) is 12.1 Å². The van der Waals surface area contributed by atoms with Gasteiger partial charge in [-0.2, -0.15) is 0 Å². The zero-order valence-corrected chi connectivity index (χ0v) is 15.5. The van der Waals surface area contributed by atoms with Crippen molar-refractivity contribution in [3.05, 3.63) is 66.0 Å². The third kappa shape index (κ3) is 4.83. The Morgan fingerprint density at radius 1 is 1.07 bits per heavy atom. The minimum Gasteiger partial charge on any atom is -0.507 e. The normalized spacial score (nSPS) is 10.8. The van der Waals surface area contributed by atoms with Crippen molar-refractivity contribution < 1.29 is 14.2 Å². The highest BCUT2D eigenvalue weighted by Crippen LogP contribution is 2.33. The van der Waals surface area contributed by atoms with Crippen molar-refractivity contribution >= 4 is 5.82 Å². The van der Waals surface area contributed by atoms with Crippen LogP contribution in [0.2, 0.25) is 0 Å². The zero-order chi connectivity index (χ0) is 19.2. The second-order valence-corrected chi connectivity index (χ2v) is 6.43. The number of nitrogens with zero attached hydrogens (tertiary/aromatic N) is 1. The minimum atomic E-state index is -0.293. The van der Waals surface area contributed by atoms with Gasteiger partial charge in [0.15, 0.2) is 0 Å². The summed E-state index contributed by atoms with van der Waals surface area (Å²) >= 11 is 0. The molecule has 0 aliphatic carbocycles. The molecule has 0 saturated heterocycles. The van der Waals surface area contributed by atoms with Crippen LogP contribution >= 0.6 is 0 Å². The molecule has 27 heavy (non-hydrogen) atoms. The SMILES string of the molecule is COCCCNc1cc(-c2cccc(F)c2)cc(-c2cc(C)ccc2O)n1. The number of rotatable bonds is 7. The van der Waals surface area contributed by atoms with Crippen LogP contribution in [0, 0.1) is 12.7 Å². The molecule has 2 N–H and O–H groups in total. The van der Waals surface area contributed by atoms with Gasteiger partial charge >= 0.3 is 0 Å². The summed E-state index contributed by atoms with van der Waals surface area (Å²) in [6.45, 7) is 3.32. The number of methoxy groups -OCH3 is 1. The number of pyridine rings is 1. The highest BCUT2D eigenvalue weighted by atomic mass is 19.1. The fraction of sp³-hybridized carbons (Fsp3) is 0.227. The molecule has 0 unspecified atom stereocenters. The molecule has 1 aromatic heterocycles. The molecule has 140 valence electrons. The van der Waals surface area contributed by atoms with E-state index >= 15 is 0 Å². The molecule has 0 saturated carbocycles. The standard InChI is InChI=1S/C22H23FN2O2/c1-15-7-8-21(26)19(11-15)20-13-17(16-5-3-6-18(23)12-16)14-22(25-20)24-9-4-10-27-2/h3,5-8,11-14,26H,4,9-10H2,1-2H3,(H,24,25). The van der Waals surface area contributed by atoms with Gasteiger partial charge in [-0.3, -0.25) is 0 Å². The quantitative estimate of drug-likeness (QED) is 0.577. The third-order valence-electron chi connectivity index (χ3n) is 4.24. The highest BCUT2D eigenvalue weighted by molar-refractivity contribution is 5.76. The molecule has 0 aliphatic rings. The number of phenols is 1. The van der Waals surface area contributed by atoms with E-state index in [1.54, 1.807) is 19.2 Å². The molecular formula is C22H23FN2O2. The average Bonchev–Trinajstić information content (AvgIpc) is 2.67. The maximum absolute atomic E-state index is 13.7. The van der Waals surface area contributed by atoms with Crippen LogP contribution in [0.25, 0.3) is 22.4 Å². The third-order valence-corrected chi connectivity index (χ3v) is 4.24. The molecule has 0 spiro atoms. The molecule has 2 aromatic carbocycles. The molecule has 5 heteroatoms. The maximum Gasteiger partial charge on any atom is 0.127 e. The lowest BCUT2D eigenvalue weighted by atomic mass is 10.0. The van der Waals surface area contributed by atoms with E-state index in [2.05, 4.69) is 10.3 Å². The molecule has 4 nitrogen and oxygen atoms in total. The molecular weight excluding hydrogens is 343 g/mol. The van der Waals surface area contributed by atoms with E-state index in [1.807, 2.05) is 37.3 Å². The molecule has 3 aromatic rings. The lowest BCUT2D eigenvalue weighted by Gasteiger charge is -2.13. The van der Waals surface area contributed by atoms with Crippen LogP contribution < -0.4 is 5.32 Å². The summed E-state index contributed by atoms with van der Waals surface area (Å²) < 4.78 is 18.8. The van der Waals surface area contributed by atoms with Gasteiger partial charge in [0.1, 0.15) is 17.4 Å². The number of aryl methyl sites for hydroxylation is 1. The molecule has 0 fully saturated rings. The van der Waals surface area contributed by atoms with Gasteiger partial charge in [0.2, 0.25) is 0 Å².